The van der Waals surface area contributed by atoms with Crippen molar-refractivity contribution in [3.8, 4) is 5.75 Å². The summed E-state index contributed by atoms with van der Waals surface area (Å²) in [5.74, 6) is 0.287. The van der Waals surface area contributed by atoms with Crippen LogP contribution in [0.15, 0.2) is 18.2 Å². The van der Waals surface area contributed by atoms with Crippen molar-refractivity contribution in [1.29, 1.82) is 0 Å². The van der Waals surface area contributed by atoms with Gasteiger partial charge >= 0.3 is 5.69 Å². The van der Waals surface area contributed by atoms with Gasteiger partial charge in [-0.3, -0.25) is 10.1 Å². The van der Waals surface area contributed by atoms with Crippen LogP contribution in [0, 0.1) is 10.1 Å². The minimum atomic E-state index is -0.425. The van der Waals surface area contributed by atoms with Gasteiger partial charge in [-0.1, -0.05) is 6.07 Å². The van der Waals surface area contributed by atoms with Gasteiger partial charge in [-0.05, 0) is 44.9 Å². The Morgan fingerprint density at radius 2 is 2.10 bits per heavy atom. The second kappa shape index (κ2) is 9.31. The van der Waals surface area contributed by atoms with E-state index in [2.05, 4.69) is 5.32 Å². The van der Waals surface area contributed by atoms with E-state index in [-0.39, 0.29) is 17.5 Å². The van der Waals surface area contributed by atoms with E-state index < -0.39 is 4.92 Å². The molecule has 0 aliphatic rings. The maximum absolute atomic E-state index is 10.9. The van der Waals surface area contributed by atoms with Gasteiger partial charge in [0.1, 0.15) is 0 Å². The molecule has 0 spiro atoms. The van der Waals surface area contributed by atoms with Crippen LogP contribution in [0.1, 0.15) is 32.3 Å². The van der Waals surface area contributed by atoms with E-state index >= 15 is 0 Å². The van der Waals surface area contributed by atoms with Gasteiger partial charge in [0.2, 0.25) is 0 Å². The highest BCUT2D eigenvalue weighted by atomic mass is 16.6. The molecule has 0 bridgehead atoms. The number of nitrogens with one attached hydrogen (secondary N) is 1. The zero-order chi connectivity index (χ0) is 15.7. The highest BCUT2D eigenvalue weighted by molar-refractivity contribution is 5.48. The number of rotatable bonds is 10. The van der Waals surface area contributed by atoms with Gasteiger partial charge in [0.25, 0.3) is 0 Å². The van der Waals surface area contributed by atoms with E-state index in [4.69, 9.17) is 9.47 Å². The number of nitrogens with zero attached hydrogens (tertiary/aromatic N) is 1. The minimum absolute atomic E-state index is 0.00198. The molecule has 0 saturated heterocycles. The van der Waals surface area contributed by atoms with Crippen molar-refractivity contribution < 1.29 is 14.4 Å². The van der Waals surface area contributed by atoms with Crippen molar-refractivity contribution >= 4 is 5.69 Å². The summed E-state index contributed by atoms with van der Waals surface area (Å²) >= 11 is 0. The highest BCUT2D eigenvalue weighted by Crippen LogP contribution is 2.27. The van der Waals surface area contributed by atoms with Crippen molar-refractivity contribution in [2.45, 2.75) is 39.3 Å². The zero-order valence-electron chi connectivity index (χ0n) is 12.9. The Hall–Kier alpha value is -1.66. The molecule has 1 aromatic rings. The van der Waals surface area contributed by atoms with Crippen molar-refractivity contribution in [2.75, 3.05) is 20.3 Å². The van der Waals surface area contributed by atoms with Gasteiger partial charge in [0.05, 0.1) is 18.1 Å². The van der Waals surface area contributed by atoms with Crippen LogP contribution in [-0.2, 0) is 11.3 Å². The van der Waals surface area contributed by atoms with Crippen LogP contribution >= 0.6 is 0 Å². The van der Waals surface area contributed by atoms with Gasteiger partial charge < -0.3 is 14.8 Å². The van der Waals surface area contributed by atoms with Gasteiger partial charge in [-0.15, -0.1) is 0 Å². The third kappa shape index (κ3) is 6.55. The number of methoxy groups -OCH3 is 1. The number of hydrogen-bond acceptors (Lipinski definition) is 5. The largest absolute Gasteiger partial charge is 0.490 e. The Morgan fingerprint density at radius 1 is 1.33 bits per heavy atom. The molecule has 1 aromatic carbocycles. The van der Waals surface area contributed by atoms with Gasteiger partial charge in [-0.2, -0.15) is 0 Å². The maximum Gasteiger partial charge on any atom is 0.311 e. The molecule has 6 heteroatoms. The van der Waals surface area contributed by atoms with E-state index in [0.29, 0.717) is 6.54 Å². The molecule has 0 fully saturated rings. The standard InChI is InChI=1S/C15H24N2O4/c1-12(2)21-9-5-4-8-16-11-13-6-7-15(20-3)14(10-13)17(18)19/h6-7,10,12,16H,4-5,8-9,11H2,1-3H3. The van der Waals surface area contributed by atoms with Crippen LogP contribution in [0.4, 0.5) is 5.69 Å². The number of ether oxygens (including phenoxy) is 2. The molecule has 0 heterocycles. The summed E-state index contributed by atoms with van der Waals surface area (Å²) in [6.45, 7) is 6.29. The molecule has 1 N–H and O–H groups in total. The van der Waals surface area contributed by atoms with Crippen LogP contribution in [0.25, 0.3) is 0 Å². The van der Waals surface area contributed by atoms with Gasteiger partial charge in [-0.25, -0.2) is 0 Å². The molecule has 0 atom stereocenters. The van der Waals surface area contributed by atoms with Crippen LogP contribution in [0.2, 0.25) is 0 Å². The third-order valence-electron chi connectivity index (χ3n) is 2.97. The normalized spacial score (nSPS) is 10.9. The highest BCUT2D eigenvalue weighted by Gasteiger charge is 2.14. The second-order valence-corrected chi connectivity index (χ2v) is 5.07. The quantitative estimate of drug-likeness (QED) is 0.408. The first-order chi connectivity index (χ1) is 10.0. The molecule has 0 aliphatic heterocycles. The smallest absolute Gasteiger partial charge is 0.311 e. The Labute approximate surface area is 125 Å². The van der Waals surface area contributed by atoms with E-state index in [1.165, 1.54) is 7.11 Å². The first-order valence-corrected chi connectivity index (χ1v) is 7.18. The van der Waals surface area contributed by atoms with E-state index in [9.17, 15) is 10.1 Å². The summed E-state index contributed by atoms with van der Waals surface area (Å²) in [7, 11) is 1.43. The van der Waals surface area contributed by atoms with Crippen LogP contribution in [-0.4, -0.2) is 31.3 Å². The number of unbranched alkanes of at least 4 members (excludes halogenated alkanes) is 1. The summed E-state index contributed by atoms with van der Waals surface area (Å²) in [6.07, 6.45) is 2.30. The molecule has 21 heavy (non-hydrogen) atoms. The summed E-state index contributed by atoms with van der Waals surface area (Å²) in [5, 5.41) is 14.2. The molecule has 118 valence electrons. The predicted octanol–water partition coefficient (Wildman–Crippen LogP) is 2.90. The van der Waals surface area contributed by atoms with Crippen LogP contribution in [0.5, 0.6) is 5.75 Å². The molecule has 1 rings (SSSR count). The lowest BCUT2D eigenvalue weighted by Crippen LogP contribution is -2.15. The van der Waals surface area contributed by atoms with E-state index in [0.717, 1.165) is 31.6 Å². The summed E-state index contributed by atoms with van der Waals surface area (Å²) in [5.41, 5.74) is 0.878. The fraction of sp³-hybridized carbons (Fsp3) is 0.600. The monoisotopic (exact) mass is 296 g/mol. The fourth-order valence-electron chi connectivity index (χ4n) is 1.89. The minimum Gasteiger partial charge on any atom is -0.490 e. The molecular formula is C15H24N2O4. The lowest BCUT2D eigenvalue weighted by atomic mass is 10.2. The SMILES string of the molecule is COc1ccc(CNCCCCOC(C)C)cc1[N+](=O)[O-]. The third-order valence-corrected chi connectivity index (χ3v) is 2.97. The topological polar surface area (TPSA) is 73.6 Å². The van der Waals surface area contributed by atoms with Crippen molar-refractivity contribution in [2.24, 2.45) is 0 Å². The Bertz CT molecular complexity index is 449. The first-order valence-electron chi connectivity index (χ1n) is 7.18. The fourth-order valence-corrected chi connectivity index (χ4v) is 1.89. The number of benzene rings is 1. The molecular weight excluding hydrogens is 272 g/mol. The lowest BCUT2D eigenvalue weighted by molar-refractivity contribution is -0.385. The number of nitro groups is 1. The van der Waals surface area contributed by atoms with Crippen LogP contribution in [0.3, 0.4) is 0 Å². The van der Waals surface area contributed by atoms with Crippen molar-refractivity contribution in [3.63, 3.8) is 0 Å². The van der Waals surface area contributed by atoms with Gasteiger partial charge in [0, 0.05) is 19.2 Å². The lowest BCUT2D eigenvalue weighted by Gasteiger charge is -2.08. The van der Waals surface area contributed by atoms with E-state index in [1.54, 1.807) is 12.1 Å². The van der Waals surface area contributed by atoms with Crippen molar-refractivity contribution in [3.05, 3.63) is 33.9 Å². The maximum atomic E-state index is 10.9. The Kier molecular flexibility index (Phi) is 7.71. The molecule has 0 amide bonds. The molecule has 0 aromatic heterocycles. The van der Waals surface area contributed by atoms with E-state index in [1.807, 2.05) is 19.9 Å². The van der Waals surface area contributed by atoms with Gasteiger partial charge in [0.15, 0.2) is 5.75 Å². The molecule has 0 unspecified atom stereocenters. The van der Waals surface area contributed by atoms with Crippen LogP contribution < -0.4 is 10.1 Å². The Balaban J connectivity index is 2.32. The number of nitro benzene ring substituents is 1. The summed E-state index contributed by atoms with van der Waals surface area (Å²) in [6, 6.07) is 5.01. The predicted molar refractivity (Wildman–Crippen MR) is 81.7 cm³/mol. The number of hydrogen-bond donors (Lipinski definition) is 1. The molecule has 0 aliphatic carbocycles. The molecule has 0 saturated carbocycles. The second-order valence-electron chi connectivity index (χ2n) is 5.07. The summed E-state index contributed by atoms with van der Waals surface area (Å²) < 4.78 is 10.4. The first kappa shape index (κ1) is 17.4. The molecule has 6 nitrogen and oxygen atoms in total. The summed E-state index contributed by atoms with van der Waals surface area (Å²) in [4.78, 5) is 10.5. The average molecular weight is 296 g/mol. The Morgan fingerprint density at radius 3 is 2.71 bits per heavy atom. The average Bonchev–Trinajstić information content (AvgIpc) is 2.45. The van der Waals surface area contributed by atoms with Crippen molar-refractivity contribution in [1.82, 2.24) is 5.32 Å². The molecule has 0 radical (unpaired) electrons. The zero-order valence-corrected chi connectivity index (χ0v) is 12.9.